The third-order valence-corrected chi connectivity index (χ3v) is 5.59. The van der Waals surface area contributed by atoms with Gasteiger partial charge in [0.05, 0.1) is 24.8 Å². The molecule has 0 radical (unpaired) electrons. The van der Waals surface area contributed by atoms with Crippen LogP contribution in [0.5, 0.6) is 0 Å². The molecule has 8 nitrogen and oxygen atoms in total. The first-order chi connectivity index (χ1) is 15.4. The molecule has 0 aliphatic carbocycles. The Morgan fingerprint density at radius 3 is 2.56 bits per heavy atom. The van der Waals surface area contributed by atoms with Gasteiger partial charge in [-0.25, -0.2) is 9.18 Å². The van der Waals surface area contributed by atoms with Crippen molar-refractivity contribution in [2.75, 3.05) is 24.5 Å². The van der Waals surface area contributed by atoms with Crippen molar-refractivity contribution in [2.24, 2.45) is 0 Å². The lowest BCUT2D eigenvalue weighted by Crippen LogP contribution is -2.52. The third kappa shape index (κ3) is 4.88. The second-order valence-electron chi connectivity index (χ2n) is 7.93. The first-order valence-corrected chi connectivity index (χ1v) is 10.5. The van der Waals surface area contributed by atoms with E-state index in [1.54, 1.807) is 24.3 Å². The Kier molecular flexibility index (Phi) is 6.36. The highest BCUT2D eigenvalue weighted by molar-refractivity contribution is 5.90. The number of carbonyl (C=O) groups excluding carboxylic acids is 3. The van der Waals surface area contributed by atoms with Crippen LogP contribution in [0.15, 0.2) is 42.5 Å². The Bertz CT molecular complexity index is 1020. The van der Waals surface area contributed by atoms with Gasteiger partial charge in [-0.1, -0.05) is 24.3 Å². The molecule has 3 amide bonds. The molecular formula is C23H25FN4O4. The zero-order valence-corrected chi connectivity index (χ0v) is 17.7. The smallest absolute Gasteiger partial charge is 0.414 e. The van der Waals surface area contributed by atoms with Gasteiger partial charge >= 0.3 is 6.09 Å². The average molecular weight is 440 g/mol. The van der Waals surface area contributed by atoms with Crippen LogP contribution in [0.3, 0.4) is 0 Å². The van der Waals surface area contributed by atoms with Gasteiger partial charge in [-0.15, -0.1) is 0 Å². The first kappa shape index (κ1) is 21.8. The fraction of sp³-hybridized carbons (Fsp3) is 0.348. The number of halogens is 1. The fourth-order valence-electron chi connectivity index (χ4n) is 3.63. The number of cyclic esters (lactones) is 1. The van der Waals surface area contributed by atoms with Gasteiger partial charge < -0.3 is 20.7 Å². The summed E-state index contributed by atoms with van der Waals surface area (Å²) in [7, 11) is 0. The minimum Gasteiger partial charge on any atom is -0.442 e. The second-order valence-corrected chi connectivity index (χ2v) is 7.93. The van der Waals surface area contributed by atoms with Gasteiger partial charge in [0.2, 0.25) is 11.8 Å². The summed E-state index contributed by atoms with van der Waals surface area (Å²) in [4.78, 5) is 36.4. The molecule has 3 N–H and O–H groups in total. The molecule has 2 aliphatic rings. The summed E-state index contributed by atoms with van der Waals surface area (Å²) in [6, 6.07) is 11.8. The minimum absolute atomic E-state index is 0.0123. The van der Waals surface area contributed by atoms with Crippen molar-refractivity contribution in [3.8, 4) is 11.1 Å². The maximum atomic E-state index is 14.9. The van der Waals surface area contributed by atoms with Crippen LogP contribution in [0.25, 0.3) is 11.1 Å². The van der Waals surface area contributed by atoms with E-state index in [1.807, 2.05) is 12.1 Å². The van der Waals surface area contributed by atoms with Crippen LogP contribution in [0.1, 0.15) is 18.9 Å². The highest BCUT2D eigenvalue weighted by Gasteiger charge is 2.32. The van der Waals surface area contributed by atoms with Crippen molar-refractivity contribution in [1.82, 2.24) is 16.0 Å². The summed E-state index contributed by atoms with van der Waals surface area (Å²) in [5.41, 5.74) is 2.41. The number of hydrogen-bond donors (Lipinski definition) is 3. The van der Waals surface area contributed by atoms with Gasteiger partial charge in [0, 0.05) is 19.0 Å². The topological polar surface area (TPSA) is 99.8 Å². The maximum Gasteiger partial charge on any atom is 0.414 e. The average Bonchev–Trinajstić information content (AvgIpc) is 3.10. The molecule has 0 aromatic heterocycles. The maximum absolute atomic E-state index is 14.9. The molecular weight excluding hydrogens is 415 g/mol. The number of ether oxygens (including phenoxy) is 1. The SMILES string of the molecule is CC(=O)NC[C@H]1CN(c2ccc(-c3ccc(CNC(=O)C4CCN4)cc3)c(F)c2)C(=O)O1. The first-order valence-electron chi connectivity index (χ1n) is 10.5. The minimum atomic E-state index is -0.573. The van der Waals surface area contributed by atoms with E-state index in [0.717, 1.165) is 18.5 Å². The number of hydrogen-bond acceptors (Lipinski definition) is 5. The molecule has 0 bridgehead atoms. The quantitative estimate of drug-likeness (QED) is 0.611. The second kappa shape index (κ2) is 9.35. The van der Waals surface area contributed by atoms with Crippen LogP contribution in [0.2, 0.25) is 0 Å². The van der Waals surface area contributed by atoms with Crippen LogP contribution < -0.4 is 20.9 Å². The van der Waals surface area contributed by atoms with E-state index in [0.29, 0.717) is 23.4 Å². The molecule has 2 aromatic carbocycles. The van der Waals surface area contributed by atoms with Gasteiger partial charge in [-0.05, 0) is 42.3 Å². The van der Waals surface area contributed by atoms with E-state index in [2.05, 4.69) is 16.0 Å². The number of benzene rings is 2. The molecule has 2 aliphatic heterocycles. The highest BCUT2D eigenvalue weighted by Crippen LogP contribution is 2.29. The summed E-state index contributed by atoms with van der Waals surface area (Å²) in [5, 5.41) is 8.55. The zero-order valence-electron chi connectivity index (χ0n) is 17.7. The van der Waals surface area contributed by atoms with Gasteiger partial charge in [-0.2, -0.15) is 0 Å². The van der Waals surface area contributed by atoms with Gasteiger partial charge in [0.15, 0.2) is 0 Å². The van der Waals surface area contributed by atoms with Crippen molar-refractivity contribution in [1.29, 1.82) is 0 Å². The third-order valence-electron chi connectivity index (χ3n) is 5.59. The van der Waals surface area contributed by atoms with Gasteiger partial charge in [0.1, 0.15) is 11.9 Å². The van der Waals surface area contributed by atoms with E-state index >= 15 is 0 Å². The Hall–Kier alpha value is -3.46. The predicted octanol–water partition coefficient (Wildman–Crippen LogP) is 1.93. The summed E-state index contributed by atoms with van der Waals surface area (Å²) < 4.78 is 20.1. The summed E-state index contributed by atoms with van der Waals surface area (Å²) in [5.74, 6) is -0.682. The molecule has 32 heavy (non-hydrogen) atoms. The number of rotatable bonds is 7. The summed E-state index contributed by atoms with van der Waals surface area (Å²) in [6.07, 6.45) is -0.205. The fourth-order valence-corrected chi connectivity index (χ4v) is 3.63. The highest BCUT2D eigenvalue weighted by atomic mass is 19.1. The molecule has 2 fully saturated rings. The predicted molar refractivity (Wildman–Crippen MR) is 116 cm³/mol. The lowest BCUT2D eigenvalue weighted by atomic mass is 10.0. The summed E-state index contributed by atoms with van der Waals surface area (Å²) >= 11 is 0. The Morgan fingerprint density at radius 1 is 1.19 bits per heavy atom. The Morgan fingerprint density at radius 2 is 1.94 bits per heavy atom. The van der Waals surface area contributed by atoms with E-state index in [-0.39, 0.29) is 30.9 Å². The molecule has 2 atom stereocenters. The van der Waals surface area contributed by atoms with Crippen LogP contribution in [0, 0.1) is 5.82 Å². The van der Waals surface area contributed by atoms with Gasteiger partial charge in [0.25, 0.3) is 0 Å². The lowest BCUT2D eigenvalue weighted by molar-refractivity contribution is -0.125. The monoisotopic (exact) mass is 440 g/mol. The number of amides is 3. The molecule has 2 saturated heterocycles. The molecule has 9 heteroatoms. The van der Waals surface area contributed by atoms with Gasteiger partial charge in [-0.3, -0.25) is 14.5 Å². The number of anilines is 1. The van der Waals surface area contributed by atoms with Crippen molar-refractivity contribution in [2.45, 2.75) is 32.0 Å². The molecule has 0 saturated carbocycles. The van der Waals surface area contributed by atoms with E-state index in [9.17, 15) is 18.8 Å². The van der Waals surface area contributed by atoms with E-state index in [4.69, 9.17) is 4.74 Å². The lowest BCUT2D eigenvalue weighted by Gasteiger charge is -2.26. The molecule has 1 unspecified atom stereocenters. The largest absolute Gasteiger partial charge is 0.442 e. The Labute approximate surface area is 185 Å². The molecule has 2 heterocycles. The van der Waals surface area contributed by atoms with Crippen molar-refractivity contribution in [3.05, 3.63) is 53.8 Å². The zero-order chi connectivity index (χ0) is 22.7. The van der Waals surface area contributed by atoms with Crippen molar-refractivity contribution >= 4 is 23.6 Å². The van der Waals surface area contributed by atoms with Crippen molar-refractivity contribution < 1.29 is 23.5 Å². The molecule has 4 rings (SSSR count). The normalized spacial score (nSPS) is 19.8. The molecule has 2 aromatic rings. The Balaban J connectivity index is 1.39. The molecule has 168 valence electrons. The summed E-state index contributed by atoms with van der Waals surface area (Å²) in [6.45, 7) is 3.11. The van der Waals surface area contributed by atoms with E-state index in [1.165, 1.54) is 17.9 Å². The number of nitrogens with zero attached hydrogens (tertiary/aromatic N) is 1. The molecule has 0 spiro atoms. The van der Waals surface area contributed by atoms with Crippen LogP contribution in [-0.4, -0.2) is 49.7 Å². The van der Waals surface area contributed by atoms with E-state index < -0.39 is 18.0 Å². The number of carbonyl (C=O) groups is 3. The standard InChI is InChI=1S/C23H25FN4O4/c1-14(29)26-12-18-13-28(23(31)32-18)17-6-7-19(20(24)10-17)16-4-2-15(3-5-16)11-27-22(30)21-8-9-25-21/h2-7,10,18,21,25H,8-9,11-13H2,1H3,(H,26,29)(H,27,30)/t18-,21?/m0/s1. The van der Waals surface area contributed by atoms with Crippen molar-refractivity contribution in [3.63, 3.8) is 0 Å². The van der Waals surface area contributed by atoms with Crippen LogP contribution in [-0.2, 0) is 20.9 Å². The van der Waals surface area contributed by atoms with Crippen LogP contribution >= 0.6 is 0 Å². The number of nitrogens with one attached hydrogen (secondary N) is 3. The van der Waals surface area contributed by atoms with Crippen LogP contribution in [0.4, 0.5) is 14.9 Å².